The molecule has 0 unspecified atom stereocenters. The van der Waals surface area contributed by atoms with Gasteiger partial charge in [-0.25, -0.2) is 19.7 Å². The molecule has 1 saturated heterocycles. The lowest BCUT2D eigenvalue weighted by atomic mass is 10.1. The normalized spacial score (nSPS) is 14.8. The minimum absolute atomic E-state index is 0.337. The van der Waals surface area contributed by atoms with Crippen LogP contribution in [0.4, 0.5) is 27.7 Å². The van der Waals surface area contributed by atoms with Gasteiger partial charge in [-0.05, 0) is 68.4 Å². The van der Waals surface area contributed by atoms with E-state index < -0.39 is 6.03 Å². The van der Waals surface area contributed by atoms with E-state index in [0.717, 1.165) is 40.7 Å². The number of rotatable bonds is 8. The van der Waals surface area contributed by atoms with Gasteiger partial charge in [-0.1, -0.05) is 42.4 Å². The van der Waals surface area contributed by atoms with Crippen molar-refractivity contribution in [2.24, 2.45) is 0 Å². The fourth-order valence-electron chi connectivity index (χ4n) is 5.65. The van der Waals surface area contributed by atoms with Crippen molar-refractivity contribution >= 4 is 68.1 Å². The van der Waals surface area contributed by atoms with E-state index >= 15 is 0 Å². The predicted octanol–water partition coefficient (Wildman–Crippen LogP) is 7.77. The van der Waals surface area contributed by atoms with Crippen LogP contribution in [0.2, 0.25) is 0 Å². The lowest BCUT2D eigenvalue weighted by molar-refractivity contribution is 0.103. The van der Waals surface area contributed by atoms with Crippen molar-refractivity contribution in [3.05, 3.63) is 89.6 Å². The summed E-state index contributed by atoms with van der Waals surface area (Å²) in [4.78, 5) is 43.1. The third-order valence-electron chi connectivity index (χ3n) is 7.78. The SMILES string of the molecule is COc1cc(NC(=O)c2sc3ncnc4c3c2NC(=O)N4c2ccc(Sc3ccccc3)cc2)ccc1CN1CCCCC1. The predicted molar refractivity (Wildman–Crippen MR) is 176 cm³/mol. The topological polar surface area (TPSA) is 99.7 Å². The van der Waals surface area contributed by atoms with Crippen molar-refractivity contribution in [2.75, 3.05) is 35.7 Å². The number of methoxy groups -OCH3 is 1. The standard InChI is InChI=1S/C33H30N6O3S2/c1-42-26-18-22(11-10-21(26)19-38-16-6-3-7-17-38)36-31(40)29-28-27-30(34-20-35-32(27)44-29)39(33(41)37-28)23-12-14-25(15-13-23)43-24-8-4-2-5-9-24/h2,4-5,8-15,18,20H,3,6-7,16-17,19H2,1H3,(H,36,40)(H,37,41). The molecular weight excluding hydrogens is 593 g/mol. The first kappa shape index (κ1) is 28.3. The largest absolute Gasteiger partial charge is 0.496 e. The summed E-state index contributed by atoms with van der Waals surface area (Å²) >= 11 is 2.87. The van der Waals surface area contributed by atoms with Crippen LogP contribution in [0.3, 0.4) is 0 Å². The second-order valence-electron chi connectivity index (χ2n) is 10.7. The Morgan fingerprint density at radius 2 is 1.77 bits per heavy atom. The van der Waals surface area contributed by atoms with E-state index in [1.165, 1.54) is 41.8 Å². The van der Waals surface area contributed by atoms with Gasteiger partial charge in [0.1, 0.15) is 21.8 Å². The van der Waals surface area contributed by atoms with Gasteiger partial charge < -0.3 is 15.4 Å². The molecule has 11 heteroatoms. The second kappa shape index (κ2) is 12.3. The zero-order valence-electron chi connectivity index (χ0n) is 24.1. The zero-order chi connectivity index (χ0) is 30.0. The quantitative estimate of drug-likeness (QED) is 0.182. The Kier molecular flexibility index (Phi) is 7.90. The molecule has 3 aromatic carbocycles. The summed E-state index contributed by atoms with van der Waals surface area (Å²) in [7, 11) is 1.65. The van der Waals surface area contributed by atoms with Crippen molar-refractivity contribution in [1.29, 1.82) is 0 Å². The Bertz CT molecular complexity index is 1840. The van der Waals surface area contributed by atoms with Crippen LogP contribution >= 0.6 is 23.1 Å². The van der Waals surface area contributed by atoms with Crippen LogP contribution in [-0.2, 0) is 6.54 Å². The van der Waals surface area contributed by atoms with Crippen molar-refractivity contribution in [3.63, 3.8) is 0 Å². The molecule has 0 bridgehead atoms. The number of carbonyl (C=O) groups excluding carboxylic acids is 2. The highest BCUT2D eigenvalue weighted by Gasteiger charge is 2.34. The number of hydrogen-bond acceptors (Lipinski definition) is 8. The molecule has 0 radical (unpaired) electrons. The number of likely N-dealkylation sites (tertiary alicyclic amines) is 1. The monoisotopic (exact) mass is 622 g/mol. The number of ether oxygens (including phenoxy) is 1. The number of carbonyl (C=O) groups is 2. The lowest BCUT2D eigenvalue weighted by Crippen LogP contribution is -2.35. The Balaban J connectivity index is 1.13. The fraction of sp³-hybridized carbons (Fsp3) is 0.212. The molecule has 2 N–H and O–H groups in total. The van der Waals surface area contributed by atoms with Gasteiger partial charge in [-0.2, -0.15) is 0 Å². The summed E-state index contributed by atoms with van der Waals surface area (Å²) in [5, 5.41) is 6.57. The first-order chi connectivity index (χ1) is 21.6. The van der Waals surface area contributed by atoms with Gasteiger partial charge in [0.2, 0.25) is 0 Å². The van der Waals surface area contributed by atoms with E-state index in [9.17, 15) is 9.59 Å². The molecule has 0 aliphatic carbocycles. The van der Waals surface area contributed by atoms with Crippen molar-refractivity contribution < 1.29 is 14.3 Å². The molecule has 7 rings (SSSR count). The molecule has 0 saturated carbocycles. The first-order valence-corrected chi connectivity index (χ1v) is 16.1. The highest BCUT2D eigenvalue weighted by Crippen LogP contribution is 2.45. The maximum absolute atomic E-state index is 13.6. The van der Waals surface area contributed by atoms with Crippen LogP contribution in [-0.4, -0.2) is 47.0 Å². The van der Waals surface area contributed by atoms with E-state index in [1.54, 1.807) is 18.9 Å². The summed E-state index contributed by atoms with van der Waals surface area (Å²) in [5.41, 5.74) is 2.79. The summed E-state index contributed by atoms with van der Waals surface area (Å²) in [5.74, 6) is 0.836. The van der Waals surface area contributed by atoms with Gasteiger partial charge in [0.05, 0.1) is 23.9 Å². The highest BCUT2D eigenvalue weighted by atomic mass is 32.2. The number of benzene rings is 3. The first-order valence-electron chi connectivity index (χ1n) is 14.5. The number of thiophene rings is 1. The van der Waals surface area contributed by atoms with Crippen LogP contribution in [0.1, 0.15) is 34.5 Å². The van der Waals surface area contributed by atoms with E-state index in [4.69, 9.17) is 4.74 Å². The molecule has 0 atom stereocenters. The maximum Gasteiger partial charge on any atom is 0.332 e. The van der Waals surface area contributed by atoms with Gasteiger partial charge in [0, 0.05) is 33.7 Å². The molecule has 4 heterocycles. The smallest absolute Gasteiger partial charge is 0.332 e. The molecule has 3 amide bonds. The number of nitrogens with zero attached hydrogens (tertiary/aromatic N) is 4. The minimum atomic E-state index is -0.392. The highest BCUT2D eigenvalue weighted by molar-refractivity contribution is 7.99. The fourth-order valence-corrected chi connectivity index (χ4v) is 7.48. The van der Waals surface area contributed by atoms with E-state index in [2.05, 4.69) is 37.6 Å². The molecular formula is C33H30N6O3S2. The Morgan fingerprint density at radius 1 is 1.00 bits per heavy atom. The van der Waals surface area contributed by atoms with Gasteiger partial charge in [-0.15, -0.1) is 11.3 Å². The van der Waals surface area contributed by atoms with Crippen LogP contribution < -0.4 is 20.3 Å². The zero-order valence-corrected chi connectivity index (χ0v) is 25.7. The molecule has 9 nitrogen and oxygen atoms in total. The van der Waals surface area contributed by atoms with Crippen LogP contribution in [0.15, 0.2) is 88.9 Å². The van der Waals surface area contributed by atoms with E-state index in [1.807, 2.05) is 60.7 Å². The number of piperidine rings is 1. The number of urea groups is 1. The van der Waals surface area contributed by atoms with Crippen LogP contribution in [0, 0.1) is 0 Å². The molecule has 2 aliphatic heterocycles. The van der Waals surface area contributed by atoms with Crippen molar-refractivity contribution in [2.45, 2.75) is 35.6 Å². The van der Waals surface area contributed by atoms with Gasteiger partial charge >= 0.3 is 6.03 Å². The summed E-state index contributed by atoms with van der Waals surface area (Å²) in [6.07, 6.45) is 5.14. The summed E-state index contributed by atoms with van der Waals surface area (Å²) in [6, 6.07) is 23.2. The molecule has 5 aromatic rings. The molecule has 2 aromatic heterocycles. The number of nitrogens with one attached hydrogen (secondary N) is 2. The molecule has 44 heavy (non-hydrogen) atoms. The maximum atomic E-state index is 13.6. The van der Waals surface area contributed by atoms with Gasteiger partial charge in [0.25, 0.3) is 5.91 Å². The lowest BCUT2D eigenvalue weighted by Gasteiger charge is -2.27. The second-order valence-corrected chi connectivity index (χ2v) is 12.8. The van der Waals surface area contributed by atoms with Crippen molar-refractivity contribution in [3.8, 4) is 5.75 Å². The minimum Gasteiger partial charge on any atom is -0.496 e. The van der Waals surface area contributed by atoms with Crippen molar-refractivity contribution in [1.82, 2.24) is 14.9 Å². The molecule has 2 aliphatic rings. The average molecular weight is 623 g/mol. The molecule has 222 valence electrons. The van der Waals surface area contributed by atoms with Gasteiger partial charge in [-0.3, -0.25) is 9.69 Å². The number of amides is 3. The number of anilines is 4. The molecule has 1 fully saturated rings. The van der Waals surface area contributed by atoms with Crippen LogP contribution in [0.25, 0.3) is 10.2 Å². The summed E-state index contributed by atoms with van der Waals surface area (Å²) < 4.78 is 5.68. The Hall–Kier alpha value is -4.45. The number of hydrogen-bond donors (Lipinski definition) is 2. The molecule has 0 spiro atoms. The van der Waals surface area contributed by atoms with E-state index in [-0.39, 0.29) is 5.91 Å². The third-order valence-corrected chi connectivity index (χ3v) is 9.90. The average Bonchev–Trinajstić information content (AvgIpc) is 3.43. The van der Waals surface area contributed by atoms with E-state index in [0.29, 0.717) is 38.0 Å². The van der Waals surface area contributed by atoms with Gasteiger partial charge in [0.15, 0.2) is 5.82 Å². The van der Waals surface area contributed by atoms with Crippen LogP contribution in [0.5, 0.6) is 5.75 Å². The number of aromatic nitrogens is 2. The third kappa shape index (κ3) is 5.61. The Labute approximate surface area is 263 Å². The summed E-state index contributed by atoms with van der Waals surface area (Å²) in [6.45, 7) is 2.99. The Morgan fingerprint density at radius 3 is 2.55 bits per heavy atom.